The lowest BCUT2D eigenvalue weighted by Gasteiger charge is -2.20. The van der Waals surface area contributed by atoms with E-state index < -0.39 is 18.0 Å². The summed E-state index contributed by atoms with van der Waals surface area (Å²) in [5.74, 6) is -1.60. The topological polar surface area (TPSA) is 90.6 Å². The number of carbonyl (C=O) groups is 2. The van der Waals surface area contributed by atoms with Crippen LogP contribution in [0.15, 0.2) is 30.3 Å². The van der Waals surface area contributed by atoms with Crippen molar-refractivity contribution in [1.29, 1.82) is 5.26 Å². The van der Waals surface area contributed by atoms with Gasteiger partial charge in [0.25, 0.3) is 5.91 Å². The lowest BCUT2D eigenvalue weighted by atomic mass is 10.3. The van der Waals surface area contributed by atoms with Gasteiger partial charge in [-0.3, -0.25) is 9.69 Å². The third kappa shape index (κ3) is 4.41. The molecule has 0 aliphatic heterocycles. The van der Waals surface area contributed by atoms with E-state index in [1.807, 2.05) is 6.07 Å². The van der Waals surface area contributed by atoms with E-state index in [0.29, 0.717) is 5.69 Å². The summed E-state index contributed by atoms with van der Waals surface area (Å²) in [6.07, 6.45) is -1.07. The van der Waals surface area contributed by atoms with Crippen LogP contribution < -0.4 is 4.90 Å². The molecule has 0 aliphatic rings. The van der Waals surface area contributed by atoms with Crippen LogP contribution in [0.2, 0.25) is 0 Å². The van der Waals surface area contributed by atoms with Crippen LogP contribution in [0.3, 0.4) is 0 Å². The van der Waals surface area contributed by atoms with Crippen molar-refractivity contribution in [2.45, 2.75) is 13.0 Å². The maximum atomic E-state index is 11.9. The Kier molecular flexibility index (Phi) is 5.51. The lowest BCUT2D eigenvalue weighted by molar-refractivity contribution is -0.150. The summed E-state index contributed by atoms with van der Waals surface area (Å²) in [4.78, 5) is 23.7. The Labute approximate surface area is 110 Å². The van der Waals surface area contributed by atoms with Gasteiger partial charge in [-0.15, -0.1) is 0 Å². The molecule has 0 aromatic heterocycles. The van der Waals surface area contributed by atoms with Gasteiger partial charge >= 0.3 is 5.97 Å². The summed E-state index contributed by atoms with van der Waals surface area (Å²) in [6.45, 7) is 0.838. The van der Waals surface area contributed by atoms with Crippen molar-refractivity contribution < 1.29 is 19.4 Å². The number of rotatable bonds is 6. The van der Waals surface area contributed by atoms with Crippen molar-refractivity contribution in [3.05, 3.63) is 30.3 Å². The van der Waals surface area contributed by atoms with Crippen LogP contribution in [-0.4, -0.2) is 36.2 Å². The van der Waals surface area contributed by atoms with Crippen molar-refractivity contribution >= 4 is 17.6 Å². The number of hydrogen-bond acceptors (Lipinski definition) is 4. The first kappa shape index (κ1) is 14.7. The summed E-state index contributed by atoms with van der Waals surface area (Å²) < 4.78 is 4.91. The Balaban J connectivity index is 2.70. The first-order chi connectivity index (χ1) is 9.06. The number of amides is 1. The van der Waals surface area contributed by atoms with Crippen LogP contribution in [-0.2, 0) is 14.3 Å². The molecule has 0 fully saturated rings. The quantitative estimate of drug-likeness (QED) is 0.773. The highest BCUT2D eigenvalue weighted by Gasteiger charge is 2.18. The van der Waals surface area contributed by atoms with E-state index >= 15 is 0 Å². The second-order valence-electron chi connectivity index (χ2n) is 3.77. The SMILES string of the molecule is C[C@H](OCC(=O)N(CC#N)c1ccccc1)C(=O)O. The Bertz CT molecular complexity index is 481. The normalized spacial score (nSPS) is 11.4. The molecule has 6 heteroatoms. The van der Waals surface area contributed by atoms with Gasteiger partial charge in [0.15, 0.2) is 6.10 Å². The molecular weight excluding hydrogens is 248 g/mol. The number of benzene rings is 1. The molecule has 0 heterocycles. The molecule has 1 amide bonds. The summed E-state index contributed by atoms with van der Waals surface area (Å²) >= 11 is 0. The van der Waals surface area contributed by atoms with Gasteiger partial charge in [-0.25, -0.2) is 4.79 Å². The predicted molar refractivity (Wildman–Crippen MR) is 67.5 cm³/mol. The zero-order valence-electron chi connectivity index (χ0n) is 10.4. The number of anilines is 1. The molecule has 100 valence electrons. The third-order valence-electron chi connectivity index (χ3n) is 2.40. The van der Waals surface area contributed by atoms with Crippen molar-refractivity contribution in [1.82, 2.24) is 0 Å². The third-order valence-corrected chi connectivity index (χ3v) is 2.40. The highest BCUT2D eigenvalue weighted by Crippen LogP contribution is 2.13. The zero-order valence-corrected chi connectivity index (χ0v) is 10.4. The van der Waals surface area contributed by atoms with Crippen molar-refractivity contribution in [2.75, 3.05) is 18.1 Å². The number of carboxylic acid groups (broad SMARTS) is 1. The summed E-state index contributed by atoms with van der Waals surface area (Å²) in [6, 6.07) is 10.6. The minimum atomic E-state index is -1.14. The number of hydrogen-bond donors (Lipinski definition) is 1. The van der Waals surface area contributed by atoms with E-state index in [0.717, 1.165) is 0 Å². The maximum absolute atomic E-state index is 11.9. The number of ether oxygens (including phenoxy) is 1. The van der Waals surface area contributed by atoms with E-state index in [2.05, 4.69) is 0 Å². The van der Waals surface area contributed by atoms with Gasteiger partial charge in [0.05, 0.1) is 6.07 Å². The summed E-state index contributed by atoms with van der Waals surface area (Å²) in [5, 5.41) is 17.4. The number of para-hydroxylation sites is 1. The number of nitrogens with zero attached hydrogens (tertiary/aromatic N) is 2. The molecule has 1 N–H and O–H groups in total. The highest BCUT2D eigenvalue weighted by atomic mass is 16.5. The molecule has 0 saturated heterocycles. The van der Waals surface area contributed by atoms with E-state index in [1.165, 1.54) is 11.8 Å². The number of aliphatic carboxylic acids is 1. The largest absolute Gasteiger partial charge is 0.479 e. The molecule has 0 aliphatic carbocycles. The van der Waals surface area contributed by atoms with Gasteiger partial charge in [0.2, 0.25) is 0 Å². The fourth-order valence-electron chi connectivity index (χ4n) is 1.35. The van der Waals surface area contributed by atoms with Gasteiger partial charge in [0.1, 0.15) is 13.2 Å². The van der Waals surface area contributed by atoms with Crippen LogP contribution in [0.4, 0.5) is 5.69 Å². The molecule has 0 bridgehead atoms. The van der Waals surface area contributed by atoms with E-state index in [-0.39, 0.29) is 13.2 Å². The minimum absolute atomic E-state index is 0.117. The lowest BCUT2D eigenvalue weighted by Crippen LogP contribution is -2.36. The van der Waals surface area contributed by atoms with Crippen LogP contribution in [0, 0.1) is 11.3 Å². The second kappa shape index (κ2) is 7.13. The van der Waals surface area contributed by atoms with Crippen LogP contribution in [0.25, 0.3) is 0 Å². The molecule has 1 aromatic carbocycles. The fourth-order valence-corrected chi connectivity index (χ4v) is 1.35. The Hall–Kier alpha value is -2.39. The molecule has 0 radical (unpaired) electrons. The van der Waals surface area contributed by atoms with Crippen LogP contribution >= 0.6 is 0 Å². The van der Waals surface area contributed by atoms with Crippen LogP contribution in [0.1, 0.15) is 6.92 Å². The van der Waals surface area contributed by atoms with Crippen LogP contribution in [0.5, 0.6) is 0 Å². The van der Waals surface area contributed by atoms with Gasteiger partial charge in [-0.2, -0.15) is 5.26 Å². The second-order valence-corrected chi connectivity index (χ2v) is 3.77. The highest BCUT2D eigenvalue weighted by molar-refractivity contribution is 5.94. The van der Waals surface area contributed by atoms with Gasteiger partial charge in [-0.05, 0) is 19.1 Å². The van der Waals surface area contributed by atoms with Crippen molar-refractivity contribution in [3.63, 3.8) is 0 Å². The van der Waals surface area contributed by atoms with Crippen molar-refractivity contribution in [2.24, 2.45) is 0 Å². The van der Waals surface area contributed by atoms with E-state index in [1.54, 1.807) is 30.3 Å². The zero-order chi connectivity index (χ0) is 14.3. The molecule has 1 rings (SSSR count). The molecule has 0 spiro atoms. The Morgan fingerprint density at radius 2 is 2.05 bits per heavy atom. The van der Waals surface area contributed by atoms with Crippen molar-refractivity contribution in [3.8, 4) is 6.07 Å². The maximum Gasteiger partial charge on any atom is 0.332 e. The molecule has 0 unspecified atom stereocenters. The van der Waals surface area contributed by atoms with E-state index in [9.17, 15) is 9.59 Å². The smallest absolute Gasteiger partial charge is 0.332 e. The van der Waals surface area contributed by atoms with E-state index in [4.69, 9.17) is 15.1 Å². The number of carbonyl (C=O) groups excluding carboxylic acids is 1. The monoisotopic (exact) mass is 262 g/mol. The average molecular weight is 262 g/mol. The fraction of sp³-hybridized carbons (Fsp3) is 0.308. The number of carboxylic acids is 1. The van der Waals surface area contributed by atoms with Gasteiger partial charge in [0, 0.05) is 5.69 Å². The molecule has 0 saturated carbocycles. The Morgan fingerprint density at radius 1 is 1.42 bits per heavy atom. The average Bonchev–Trinajstić information content (AvgIpc) is 2.42. The van der Waals surface area contributed by atoms with Gasteiger partial charge in [-0.1, -0.05) is 18.2 Å². The molecule has 19 heavy (non-hydrogen) atoms. The minimum Gasteiger partial charge on any atom is -0.479 e. The first-order valence-corrected chi connectivity index (χ1v) is 5.63. The first-order valence-electron chi connectivity index (χ1n) is 5.63. The molecule has 1 atom stereocenters. The molecular formula is C13H14N2O4. The standard InChI is InChI=1S/C13H14N2O4/c1-10(13(17)18)19-9-12(16)15(8-7-14)11-5-3-2-4-6-11/h2-6,10H,8-9H2,1H3,(H,17,18)/t10-/m0/s1. The number of nitriles is 1. The molecule has 1 aromatic rings. The Morgan fingerprint density at radius 3 is 2.58 bits per heavy atom. The molecule has 6 nitrogen and oxygen atoms in total. The summed E-state index contributed by atoms with van der Waals surface area (Å²) in [7, 11) is 0. The van der Waals surface area contributed by atoms with Gasteiger partial charge < -0.3 is 9.84 Å². The summed E-state index contributed by atoms with van der Waals surface area (Å²) in [5.41, 5.74) is 0.570. The predicted octanol–water partition coefficient (Wildman–Crippen LogP) is 1.03.